The molecule has 0 radical (unpaired) electrons. The minimum absolute atomic E-state index is 0.0593. The summed E-state index contributed by atoms with van der Waals surface area (Å²) in [5.74, 6) is -0.456. The molecule has 98 valence electrons. The van der Waals surface area contributed by atoms with E-state index < -0.39 is 28.9 Å². The van der Waals surface area contributed by atoms with Gasteiger partial charge in [0.15, 0.2) is 0 Å². The Hall–Kier alpha value is -2.58. The Labute approximate surface area is 106 Å². The molecule has 8 nitrogen and oxygen atoms in total. The van der Waals surface area contributed by atoms with Gasteiger partial charge in [0.25, 0.3) is 17.3 Å². The normalized spacial score (nSPS) is 21.2. The van der Waals surface area contributed by atoms with E-state index in [0.717, 1.165) is 0 Å². The first-order valence-corrected chi connectivity index (χ1v) is 5.11. The zero-order valence-corrected chi connectivity index (χ0v) is 9.47. The molecule has 1 aliphatic carbocycles. The first kappa shape index (κ1) is 12.9. The average Bonchev–Trinajstić information content (AvgIpc) is 2.60. The SMILES string of the molecule is NNc1cccc2c1C(=O)C(O)(C(=O)C(N)=O)C2=O. The summed E-state index contributed by atoms with van der Waals surface area (Å²) in [6, 6.07) is 4.02. The molecule has 0 aliphatic heterocycles. The van der Waals surface area contributed by atoms with Gasteiger partial charge in [-0.2, -0.15) is 0 Å². The highest BCUT2D eigenvalue weighted by Crippen LogP contribution is 2.35. The number of carbonyl (C=O) groups excluding carboxylic acids is 4. The molecule has 1 atom stereocenters. The number of benzene rings is 1. The molecule has 1 amide bonds. The van der Waals surface area contributed by atoms with Crippen molar-refractivity contribution in [2.45, 2.75) is 5.60 Å². The molecule has 0 spiro atoms. The monoisotopic (exact) mass is 263 g/mol. The van der Waals surface area contributed by atoms with Gasteiger partial charge < -0.3 is 16.3 Å². The van der Waals surface area contributed by atoms with Gasteiger partial charge in [-0.15, -0.1) is 0 Å². The first-order valence-electron chi connectivity index (χ1n) is 5.11. The zero-order chi connectivity index (χ0) is 14.4. The van der Waals surface area contributed by atoms with Crippen molar-refractivity contribution < 1.29 is 24.3 Å². The number of nitrogens with two attached hydrogens (primary N) is 2. The molecule has 6 N–H and O–H groups in total. The second kappa shape index (κ2) is 3.97. The van der Waals surface area contributed by atoms with Crippen molar-refractivity contribution in [3.05, 3.63) is 29.3 Å². The number of amides is 1. The lowest BCUT2D eigenvalue weighted by atomic mass is 9.92. The molecular weight excluding hydrogens is 254 g/mol. The number of carbonyl (C=O) groups is 4. The molecule has 0 bridgehead atoms. The highest BCUT2D eigenvalue weighted by atomic mass is 16.3. The zero-order valence-electron chi connectivity index (χ0n) is 9.47. The predicted octanol–water partition coefficient (Wildman–Crippen LogP) is -1.86. The number of Topliss-reactive ketones (excluding diaryl/α,β-unsaturated/α-hetero) is 3. The van der Waals surface area contributed by atoms with Crippen LogP contribution in [0, 0.1) is 0 Å². The molecule has 0 aromatic heterocycles. The summed E-state index contributed by atoms with van der Waals surface area (Å²) < 4.78 is 0. The maximum absolute atomic E-state index is 12.1. The Bertz CT molecular complexity index is 639. The van der Waals surface area contributed by atoms with Crippen LogP contribution in [0.4, 0.5) is 5.69 Å². The quantitative estimate of drug-likeness (QED) is 0.216. The van der Waals surface area contributed by atoms with Crippen LogP contribution in [0.3, 0.4) is 0 Å². The second-order valence-electron chi connectivity index (χ2n) is 3.93. The molecule has 0 heterocycles. The number of fused-ring (bicyclic) bond motifs is 1. The van der Waals surface area contributed by atoms with Crippen molar-refractivity contribution >= 4 is 28.9 Å². The van der Waals surface area contributed by atoms with Crippen molar-refractivity contribution in [1.29, 1.82) is 0 Å². The lowest BCUT2D eigenvalue weighted by Crippen LogP contribution is -2.54. The lowest BCUT2D eigenvalue weighted by Gasteiger charge is -2.14. The van der Waals surface area contributed by atoms with Crippen LogP contribution in [0.25, 0.3) is 0 Å². The number of nitrogen functional groups attached to an aromatic ring is 1. The van der Waals surface area contributed by atoms with Gasteiger partial charge >= 0.3 is 0 Å². The maximum atomic E-state index is 12.1. The molecule has 1 unspecified atom stereocenters. The Kier molecular flexibility index (Phi) is 2.69. The van der Waals surface area contributed by atoms with Gasteiger partial charge in [0, 0.05) is 5.56 Å². The third kappa shape index (κ3) is 1.47. The van der Waals surface area contributed by atoms with Crippen LogP contribution in [-0.4, -0.2) is 34.0 Å². The van der Waals surface area contributed by atoms with Gasteiger partial charge in [0.1, 0.15) is 0 Å². The van der Waals surface area contributed by atoms with Gasteiger partial charge in [-0.05, 0) is 6.07 Å². The highest BCUT2D eigenvalue weighted by Gasteiger charge is 2.59. The standard InChI is InChI=1S/C11H9N3O5/c12-10(18)9(17)11(19)7(15)4-2-1-3-5(14-13)6(4)8(11)16/h1-3,14,19H,13H2,(H2,12,18). The van der Waals surface area contributed by atoms with E-state index in [1.165, 1.54) is 18.2 Å². The number of hydrazine groups is 1. The van der Waals surface area contributed by atoms with E-state index in [0.29, 0.717) is 0 Å². The summed E-state index contributed by atoms with van der Waals surface area (Å²) in [7, 11) is 0. The van der Waals surface area contributed by atoms with Crippen molar-refractivity contribution in [3.8, 4) is 0 Å². The van der Waals surface area contributed by atoms with Crippen LogP contribution in [0.2, 0.25) is 0 Å². The van der Waals surface area contributed by atoms with Crippen molar-refractivity contribution in [1.82, 2.24) is 0 Å². The number of nitrogens with one attached hydrogen (secondary N) is 1. The van der Waals surface area contributed by atoms with Crippen LogP contribution in [0.15, 0.2) is 18.2 Å². The molecule has 1 aliphatic rings. The number of hydrogen-bond donors (Lipinski definition) is 4. The van der Waals surface area contributed by atoms with Crippen LogP contribution >= 0.6 is 0 Å². The lowest BCUT2D eigenvalue weighted by molar-refractivity contribution is -0.142. The molecule has 19 heavy (non-hydrogen) atoms. The fourth-order valence-electron chi connectivity index (χ4n) is 1.97. The van der Waals surface area contributed by atoms with Crippen LogP contribution in [-0.2, 0) is 9.59 Å². The second-order valence-corrected chi connectivity index (χ2v) is 3.93. The van der Waals surface area contributed by atoms with E-state index in [2.05, 4.69) is 5.43 Å². The molecule has 0 saturated heterocycles. The number of rotatable bonds is 3. The van der Waals surface area contributed by atoms with E-state index in [9.17, 15) is 24.3 Å². The van der Waals surface area contributed by atoms with E-state index in [4.69, 9.17) is 11.6 Å². The Morgan fingerprint density at radius 3 is 2.37 bits per heavy atom. The predicted molar refractivity (Wildman–Crippen MR) is 62.1 cm³/mol. The minimum atomic E-state index is -3.10. The Morgan fingerprint density at radius 2 is 1.84 bits per heavy atom. The van der Waals surface area contributed by atoms with Crippen LogP contribution < -0.4 is 17.0 Å². The molecule has 1 aromatic carbocycles. The number of hydrogen-bond acceptors (Lipinski definition) is 7. The molecule has 0 fully saturated rings. The Morgan fingerprint density at radius 1 is 1.21 bits per heavy atom. The van der Waals surface area contributed by atoms with E-state index in [1.54, 1.807) is 0 Å². The van der Waals surface area contributed by atoms with Gasteiger partial charge in [-0.25, -0.2) is 0 Å². The number of aliphatic hydroxyl groups is 1. The first-order chi connectivity index (χ1) is 8.85. The van der Waals surface area contributed by atoms with Crippen molar-refractivity contribution in [2.24, 2.45) is 11.6 Å². The van der Waals surface area contributed by atoms with Gasteiger partial charge in [0.05, 0.1) is 11.3 Å². The molecule has 0 saturated carbocycles. The smallest absolute Gasteiger partial charge is 0.288 e. The van der Waals surface area contributed by atoms with Gasteiger partial charge in [0.2, 0.25) is 11.6 Å². The highest BCUT2D eigenvalue weighted by molar-refractivity contribution is 6.56. The third-order valence-electron chi connectivity index (χ3n) is 2.90. The van der Waals surface area contributed by atoms with Gasteiger partial charge in [-0.3, -0.25) is 25.0 Å². The van der Waals surface area contributed by atoms with Crippen molar-refractivity contribution in [2.75, 3.05) is 5.43 Å². The summed E-state index contributed by atoms with van der Waals surface area (Å²) in [6.07, 6.45) is 0. The summed E-state index contributed by atoms with van der Waals surface area (Å²) in [4.78, 5) is 46.4. The Balaban J connectivity index is 2.69. The molecule has 1 aromatic rings. The number of primary amides is 1. The molecule has 2 rings (SSSR count). The minimum Gasteiger partial charge on any atom is -0.368 e. The summed E-state index contributed by atoms with van der Waals surface area (Å²) in [6.45, 7) is 0. The average molecular weight is 263 g/mol. The number of ketones is 3. The van der Waals surface area contributed by atoms with Gasteiger partial charge in [-0.1, -0.05) is 12.1 Å². The van der Waals surface area contributed by atoms with Crippen LogP contribution in [0.1, 0.15) is 20.7 Å². The van der Waals surface area contributed by atoms with Crippen molar-refractivity contribution in [3.63, 3.8) is 0 Å². The fourth-order valence-corrected chi connectivity index (χ4v) is 1.97. The number of anilines is 1. The molecular formula is C11H9N3O5. The van der Waals surface area contributed by atoms with E-state index >= 15 is 0 Å². The van der Waals surface area contributed by atoms with E-state index in [-0.39, 0.29) is 16.8 Å². The van der Waals surface area contributed by atoms with Crippen LogP contribution in [0.5, 0.6) is 0 Å². The third-order valence-corrected chi connectivity index (χ3v) is 2.90. The summed E-state index contributed by atoms with van der Waals surface area (Å²) >= 11 is 0. The maximum Gasteiger partial charge on any atom is 0.288 e. The largest absolute Gasteiger partial charge is 0.368 e. The van der Waals surface area contributed by atoms with E-state index in [1.807, 2.05) is 0 Å². The summed E-state index contributed by atoms with van der Waals surface area (Å²) in [5, 5.41) is 9.99. The fraction of sp³-hybridized carbons (Fsp3) is 0.0909. The molecule has 8 heteroatoms. The topological polar surface area (TPSA) is 153 Å². The summed E-state index contributed by atoms with van der Waals surface area (Å²) in [5.41, 5.74) is 3.43.